The van der Waals surface area contributed by atoms with Crippen molar-refractivity contribution in [2.45, 2.75) is 43.5 Å². The van der Waals surface area contributed by atoms with Gasteiger partial charge < -0.3 is 10.4 Å². The van der Waals surface area contributed by atoms with Gasteiger partial charge in [-0.2, -0.15) is 18.4 Å². The molecule has 6 nitrogen and oxygen atoms in total. The molecule has 2 aromatic rings. The summed E-state index contributed by atoms with van der Waals surface area (Å²) < 4.78 is 61.2. The van der Waals surface area contributed by atoms with Crippen LogP contribution in [0.2, 0.25) is 5.02 Å². The number of hydrogen-bond donors (Lipinski definition) is 2. The Hall–Kier alpha value is -2.77. The monoisotopic (exact) mass is 474 g/mol. The van der Waals surface area contributed by atoms with Crippen molar-refractivity contribution < 1.29 is 31.5 Å². The lowest BCUT2D eigenvalue weighted by atomic mass is 9.82. The Morgan fingerprint density at radius 1 is 1.19 bits per heavy atom. The fourth-order valence-corrected chi connectivity index (χ4v) is 3.90. The molecule has 1 amide bonds. The summed E-state index contributed by atoms with van der Waals surface area (Å²) in [6.07, 6.45) is 0. The van der Waals surface area contributed by atoms with Gasteiger partial charge in [-0.15, -0.1) is 0 Å². The molecular formula is C20H18ClF3N2O4S. The molecule has 0 aliphatic carbocycles. The van der Waals surface area contributed by atoms with E-state index in [1.54, 1.807) is 20.8 Å². The third-order valence-corrected chi connectivity index (χ3v) is 6.32. The number of carbonyl (C=O) groups is 1. The number of nitrogens with one attached hydrogen (secondary N) is 1. The van der Waals surface area contributed by atoms with Crippen molar-refractivity contribution in [3.05, 3.63) is 51.5 Å². The Balaban J connectivity index is 2.53. The Bertz CT molecular complexity index is 1210. The smallest absolute Gasteiger partial charge is 0.501 e. The summed E-state index contributed by atoms with van der Waals surface area (Å²) in [7, 11) is -5.61. The normalized spacial score (nSPS) is 12.4. The number of alkyl halides is 3. The molecule has 0 saturated carbocycles. The number of phenols is 1. The number of phenolic OH excluding ortho intramolecular Hbond substituents is 1. The van der Waals surface area contributed by atoms with E-state index in [4.69, 9.17) is 11.6 Å². The van der Waals surface area contributed by atoms with Gasteiger partial charge in [0.15, 0.2) is 0 Å². The minimum atomic E-state index is -5.61. The van der Waals surface area contributed by atoms with Crippen LogP contribution in [0.1, 0.15) is 47.8 Å². The zero-order valence-electron chi connectivity index (χ0n) is 16.8. The van der Waals surface area contributed by atoms with E-state index in [9.17, 15) is 36.8 Å². The predicted molar refractivity (Wildman–Crippen MR) is 109 cm³/mol. The van der Waals surface area contributed by atoms with E-state index in [1.165, 1.54) is 13.0 Å². The second-order valence-electron chi connectivity index (χ2n) is 7.73. The second-order valence-corrected chi connectivity index (χ2v) is 10.1. The molecule has 2 N–H and O–H groups in total. The van der Waals surface area contributed by atoms with Gasteiger partial charge in [0.05, 0.1) is 32.8 Å². The molecule has 0 aliphatic heterocycles. The lowest BCUT2D eigenvalue weighted by Crippen LogP contribution is -2.23. The van der Waals surface area contributed by atoms with E-state index in [0.717, 1.165) is 6.07 Å². The number of aromatic hydroxyl groups is 1. The van der Waals surface area contributed by atoms with Gasteiger partial charge in [0.2, 0.25) is 0 Å². The van der Waals surface area contributed by atoms with Crippen LogP contribution in [-0.2, 0) is 15.3 Å². The van der Waals surface area contributed by atoms with Crippen molar-refractivity contribution in [2.24, 2.45) is 0 Å². The Morgan fingerprint density at radius 2 is 1.77 bits per heavy atom. The average Bonchev–Trinajstić information content (AvgIpc) is 2.61. The van der Waals surface area contributed by atoms with E-state index in [-0.39, 0.29) is 28.1 Å². The minimum absolute atomic E-state index is 0.158. The number of amides is 1. The van der Waals surface area contributed by atoms with E-state index in [2.05, 4.69) is 5.32 Å². The second kappa shape index (κ2) is 8.05. The van der Waals surface area contributed by atoms with Crippen LogP contribution < -0.4 is 5.32 Å². The number of hydrogen-bond acceptors (Lipinski definition) is 5. The van der Waals surface area contributed by atoms with Crippen LogP contribution in [0.15, 0.2) is 29.2 Å². The number of benzene rings is 2. The maximum Gasteiger partial charge on any atom is 0.501 e. The number of halogens is 4. The van der Waals surface area contributed by atoms with Crippen LogP contribution in [0.5, 0.6) is 5.75 Å². The number of nitriles is 1. The molecule has 0 unspecified atom stereocenters. The van der Waals surface area contributed by atoms with Crippen LogP contribution in [0, 0.1) is 18.3 Å². The van der Waals surface area contributed by atoms with Crippen molar-refractivity contribution >= 4 is 33.0 Å². The molecule has 11 heteroatoms. The molecule has 166 valence electrons. The maximum atomic E-state index is 12.9. The molecule has 0 radical (unpaired) electrons. The minimum Gasteiger partial charge on any atom is -0.507 e. The highest BCUT2D eigenvalue weighted by Crippen LogP contribution is 2.38. The summed E-state index contributed by atoms with van der Waals surface area (Å²) in [4.78, 5) is 11.8. The van der Waals surface area contributed by atoms with Crippen molar-refractivity contribution in [2.75, 3.05) is 5.32 Å². The Morgan fingerprint density at radius 3 is 2.23 bits per heavy atom. The van der Waals surface area contributed by atoms with Gasteiger partial charge in [0, 0.05) is 5.56 Å². The highest BCUT2D eigenvalue weighted by atomic mass is 35.5. The first-order chi connectivity index (χ1) is 14.0. The first-order valence-corrected chi connectivity index (χ1v) is 10.6. The maximum absolute atomic E-state index is 12.9. The first kappa shape index (κ1) is 24.5. The summed E-state index contributed by atoms with van der Waals surface area (Å²) >= 11 is 5.90. The van der Waals surface area contributed by atoms with E-state index >= 15 is 0 Å². The van der Waals surface area contributed by atoms with Gasteiger partial charge in [-0.05, 0) is 42.2 Å². The van der Waals surface area contributed by atoms with Gasteiger partial charge in [0.25, 0.3) is 15.7 Å². The number of rotatable bonds is 3. The third-order valence-electron chi connectivity index (χ3n) is 4.52. The van der Waals surface area contributed by atoms with E-state index < -0.39 is 36.6 Å². The summed E-state index contributed by atoms with van der Waals surface area (Å²) in [5.74, 6) is -1.22. The highest BCUT2D eigenvalue weighted by molar-refractivity contribution is 7.92. The first-order valence-electron chi connectivity index (χ1n) is 8.71. The van der Waals surface area contributed by atoms with Gasteiger partial charge in [-0.25, -0.2) is 8.42 Å². The van der Waals surface area contributed by atoms with E-state index in [1.807, 2.05) is 6.07 Å². The fraction of sp³-hybridized carbons (Fsp3) is 0.300. The van der Waals surface area contributed by atoms with Crippen LogP contribution in [0.3, 0.4) is 0 Å². The summed E-state index contributed by atoms with van der Waals surface area (Å²) in [5, 5.41) is 21.9. The van der Waals surface area contributed by atoms with Crippen LogP contribution >= 0.6 is 11.6 Å². The number of carbonyl (C=O) groups excluding carboxylic acids is 1. The molecule has 2 aromatic carbocycles. The largest absolute Gasteiger partial charge is 0.507 e. The predicted octanol–water partition coefficient (Wildman–Crippen LogP) is 5.07. The van der Waals surface area contributed by atoms with Crippen LogP contribution in [0.25, 0.3) is 0 Å². The standard InChI is InChI=1S/C20H18ClF3N2O4S/c1-10-11(9-25)7-13(19(2,3)4)17(27)16(10)18(28)26-15-6-5-12(8-14(15)21)31(29,30)20(22,23)24/h5-8,27H,1-4H3,(H,26,28). The molecule has 0 fully saturated rings. The van der Waals surface area contributed by atoms with Gasteiger partial charge in [0.1, 0.15) is 5.75 Å². The third kappa shape index (κ3) is 4.62. The van der Waals surface area contributed by atoms with Gasteiger partial charge >= 0.3 is 5.51 Å². The van der Waals surface area contributed by atoms with Gasteiger partial charge in [-0.3, -0.25) is 4.79 Å². The molecular weight excluding hydrogens is 457 g/mol. The number of anilines is 1. The summed E-state index contributed by atoms with van der Waals surface area (Å²) in [5.41, 5.74) is -5.80. The number of nitrogens with zero attached hydrogens (tertiary/aromatic N) is 1. The van der Waals surface area contributed by atoms with E-state index in [0.29, 0.717) is 17.7 Å². The number of sulfone groups is 1. The molecule has 2 rings (SSSR count). The topological polar surface area (TPSA) is 107 Å². The SMILES string of the molecule is Cc1c(C#N)cc(C(C)(C)C)c(O)c1C(=O)Nc1ccc(S(=O)(=O)C(F)(F)F)cc1Cl. The Labute approximate surface area is 182 Å². The quantitative estimate of drug-likeness (QED) is 0.645. The molecule has 0 atom stereocenters. The van der Waals surface area contributed by atoms with Crippen molar-refractivity contribution in [1.29, 1.82) is 5.26 Å². The molecule has 0 aliphatic rings. The average molecular weight is 475 g/mol. The molecule has 0 heterocycles. The molecule has 31 heavy (non-hydrogen) atoms. The van der Waals surface area contributed by atoms with Gasteiger partial charge in [-0.1, -0.05) is 32.4 Å². The lowest BCUT2D eigenvalue weighted by molar-refractivity contribution is -0.0436. The fourth-order valence-electron chi connectivity index (χ4n) is 2.82. The summed E-state index contributed by atoms with van der Waals surface area (Å²) in [6.45, 7) is 6.78. The Kier molecular flexibility index (Phi) is 6.36. The lowest BCUT2D eigenvalue weighted by Gasteiger charge is -2.23. The van der Waals surface area contributed by atoms with Crippen LogP contribution in [-0.4, -0.2) is 24.9 Å². The molecule has 0 aromatic heterocycles. The molecule has 0 saturated heterocycles. The zero-order chi connectivity index (χ0) is 23.9. The van der Waals surface area contributed by atoms with Crippen molar-refractivity contribution in [1.82, 2.24) is 0 Å². The van der Waals surface area contributed by atoms with Crippen LogP contribution in [0.4, 0.5) is 18.9 Å². The molecule has 0 spiro atoms. The van der Waals surface area contributed by atoms with Crippen molar-refractivity contribution in [3.63, 3.8) is 0 Å². The highest BCUT2D eigenvalue weighted by Gasteiger charge is 2.47. The van der Waals surface area contributed by atoms with Crippen molar-refractivity contribution in [3.8, 4) is 11.8 Å². The molecule has 0 bridgehead atoms. The zero-order valence-corrected chi connectivity index (χ0v) is 18.4. The summed E-state index contributed by atoms with van der Waals surface area (Å²) in [6, 6.07) is 5.56.